The second-order valence-electron chi connectivity index (χ2n) is 7.87. The quantitative estimate of drug-likeness (QED) is 0.375. The highest BCUT2D eigenvalue weighted by Crippen LogP contribution is 2.42. The summed E-state index contributed by atoms with van der Waals surface area (Å²) < 4.78 is 5.06. The van der Waals surface area contributed by atoms with Crippen molar-refractivity contribution < 1.29 is 9.53 Å². The number of carbonyl (C=O) groups is 1. The molecule has 134 valence electrons. The molecular formula is C21H38O2. The van der Waals surface area contributed by atoms with Gasteiger partial charge in [-0.2, -0.15) is 0 Å². The van der Waals surface area contributed by atoms with E-state index in [2.05, 4.69) is 13.8 Å². The molecule has 0 aromatic carbocycles. The molecule has 0 atom stereocenters. The van der Waals surface area contributed by atoms with Crippen molar-refractivity contribution in [3.8, 4) is 0 Å². The van der Waals surface area contributed by atoms with Gasteiger partial charge in [-0.3, -0.25) is 4.79 Å². The van der Waals surface area contributed by atoms with Crippen molar-refractivity contribution in [1.29, 1.82) is 0 Å². The summed E-state index contributed by atoms with van der Waals surface area (Å²) in [7, 11) is 1.78. The topological polar surface area (TPSA) is 26.3 Å². The maximum absolute atomic E-state index is 11.9. The summed E-state index contributed by atoms with van der Waals surface area (Å²) in [6.07, 6.45) is 15.2. The van der Waals surface area contributed by atoms with Crippen LogP contribution < -0.4 is 0 Å². The number of carbonyl (C=O) groups excluding carboxylic acids is 1. The third-order valence-corrected chi connectivity index (χ3v) is 5.32. The van der Waals surface area contributed by atoms with Crippen molar-refractivity contribution in [3.05, 3.63) is 11.1 Å². The lowest BCUT2D eigenvalue weighted by atomic mass is 9.82. The lowest BCUT2D eigenvalue weighted by molar-refractivity contribution is -0.115. The van der Waals surface area contributed by atoms with E-state index in [1.165, 1.54) is 69.8 Å². The molecule has 0 aliphatic heterocycles. The Kier molecular flexibility index (Phi) is 9.78. The van der Waals surface area contributed by atoms with E-state index < -0.39 is 0 Å². The Balaban J connectivity index is 1.97. The number of allylic oxidation sites excluding steroid dienone is 2. The van der Waals surface area contributed by atoms with E-state index in [9.17, 15) is 4.79 Å². The van der Waals surface area contributed by atoms with Crippen molar-refractivity contribution >= 4 is 5.78 Å². The molecule has 23 heavy (non-hydrogen) atoms. The Labute approximate surface area is 144 Å². The maximum Gasteiger partial charge on any atom is 0.159 e. The second kappa shape index (κ2) is 11.0. The first-order valence-corrected chi connectivity index (χ1v) is 9.71. The third-order valence-electron chi connectivity index (χ3n) is 5.32. The zero-order chi connectivity index (χ0) is 17.1. The minimum Gasteiger partial charge on any atom is -0.385 e. The van der Waals surface area contributed by atoms with Crippen LogP contribution in [0, 0.1) is 5.41 Å². The summed E-state index contributed by atoms with van der Waals surface area (Å²) in [5.74, 6) is 0.371. The highest BCUT2D eigenvalue weighted by atomic mass is 16.5. The van der Waals surface area contributed by atoms with Crippen molar-refractivity contribution in [2.45, 2.75) is 97.8 Å². The van der Waals surface area contributed by atoms with Gasteiger partial charge in [-0.1, -0.05) is 70.8 Å². The molecule has 0 fully saturated rings. The standard InChI is InChI=1S/C21H38O2/c1-18-19(21(2,3)17-20(18)22)15-13-11-9-7-5-6-8-10-12-14-16-23-4/h5-17H2,1-4H3. The number of Topliss-reactive ketones (excluding diaryl/α,β-unsaturated/α-hetero) is 1. The molecule has 0 saturated heterocycles. The highest BCUT2D eigenvalue weighted by Gasteiger charge is 2.35. The summed E-state index contributed by atoms with van der Waals surface area (Å²) in [6.45, 7) is 7.39. The first-order valence-electron chi connectivity index (χ1n) is 9.71. The van der Waals surface area contributed by atoms with Crippen LogP contribution in [-0.4, -0.2) is 19.5 Å². The molecule has 0 saturated carbocycles. The summed E-state index contributed by atoms with van der Waals surface area (Å²) in [5, 5.41) is 0. The molecule has 1 aliphatic carbocycles. The molecule has 0 spiro atoms. The van der Waals surface area contributed by atoms with Crippen LogP contribution in [0.2, 0.25) is 0 Å². The summed E-state index contributed by atoms with van der Waals surface area (Å²) in [6, 6.07) is 0. The SMILES string of the molecule is COCCCCCCCCCCCCC1=C(C)C(=O)CC1(C)C. The number of unbranched alkanes of at least 4 members (excludes halogenated alkanes) is 9. The molecule has 0 N–H and O–H groups in total. The molecule has 0 heterocycles. The van der Waals surface area contributed by atoms with Gasteiger partial charge < -0.3 is 4.74 Å². The highest BCUT2D eigenvalue weighted by molar-refractivity contribution is 5.99. The molecule has 0 radical (unpaired) electrons. The smallest absolute Gasteiger partial charge is 0.159 e. The molecule has 0 aromatic heterocycles. The Morgan fingerprint density at radius 1 is 0.870 bits per heavy atom. The number of hydrogen-bond donors (Lipinski definition) is 0. The zero-order valence-corrected chi connectivity index (χ0v) is 16.0. The summed E-state index contributed by atoms with van der Waals surface area (Å²) in [5.41, 5.74) is 2.60. The van der Waals surface area contributed by atoms with E-state index in [0.717, 1.165) is 25.0 Å². The zero-order valence-electron chi connectivity index (χ0n) is 16.0. The largest absolute Gasteiger partial charge is 0.385 e. The van der Waals surface area contributed by atoms with Gasteiger partial charge in [-0.25, -0.2) is 0 Å². The van der Waals surface area contributed by atoms with Crippen molar-refractivity contribution in [2.75, 3.05) is 13.7 Å². The minimum absolute atomic E-state index is 0.115. The van der Waals surface area contributed by atoms with Gasteiger partial charge >= 0.3 is 0 Å². The first kappa shape index (κ1) is 20.4. The molecular weight excluding hydrogens is 284 g/mol. The van der Waals surface area contributed by atoms with E-state index in [4.69, 9.17) is 4.74 Å². The van der Waals surface area contributed by atoms with E-state index in [1.807, 2.05) is 6.92 Å². The Morgan fingerprint density at radius 3 is 1.78 bits per heavy atom. The number of ether oxygens (including phenoxy) is 1. The van der Waals surface area contributed by atoms with E-state index in [0.29, 0.717) is 5.78 Å². The van der Waals surface area contributed by atoms with E-state index >= 15 is 0 Å². The number of hydrogen-bond acceptors (Lipinski definition) is 2. The maximum atomic E-state index is 11.9. The third kappa shape index (κ3) is 7.65. The first-order chi connectivity index (χ1) is 11.0. The van der Waals surface area contributed by atoms with Gasteiger partial charge in [0, 0.05) is 20.1 Å². The lowest BCUT2D eigenvalue weighted by Gasteiger charge is -2.22. The minimum atomic E-state index is 0.115. The lowest BCUT2D eigenvalue weighted by Crippen LogP contribution is -2.11. The van der Waals surface area contributed by atoms with Gasteiger partial charge in [0.15, 0.2) is 5.78 Å². The van der Waals surface area contributed by atoms with Gasteiger partial charge in [0.25, 0.3) is 0 Å². The molecule has 0 amide bonds. The van der Waals surface area contributed by atoms with Gasteiger partial charge in [0.1, 0.15) is 0 Å². The Bertz CT molecular complexity index is 379. The second-order valence-corrected chi connectivity index (χ2v) is 7.87. The van der Waals surface area contributed by atoms with Crippen LogP contribution >= 0.6 is 0 Å². The van der Waals surface area contributed by atoms with Crippen molar-refractivity contribution in [3.63, 3.8) is 0 Å². The van der Waals surface area contributed by atoms with Crippen LogP contribution in [0.25, 0.3) is 0 Å². The van der Waals surface area contributed by atoms with Crippen LogP contribution in [0.15, 0.2) is 11.1 Å². The summed E-state index contributed by atoms with van der Waals surface area (Å²) >= 11 is 0. The number of rotatable bonds is 13. The van der Waals surface area contributed by atoms with Crippen LogP contribution in [0.1, 0.15) is 97.8 Å². The molecule has 2 nitrogen and oxygen atoms in total. The van der Waals surface area contributed by atoms with Gasteiger partial charge in [0.2, 0.25) is 0 Å². The Morgan fingerprint density at radius 2 is 1.35 bits per heavy atom. The fraction of sp³-hybridized carbons (Fsp3) is 0.857. The number of methoxy groups -OCH3 is 1. The molecule has 0 bridgehead atoms. The van der Waals surface area contributed by atoms with Gasteiger partial charge in [-0.05, 0) is 37.2 Å². The van der Waals surface area contributed by atoms with Crippen LogP contribution in [0.5, 0.6) is 0 Å². The molecule has 1 aliphatic rings. The summed E-state index contributed by atoms with van der Waals surface area (Å²) in [4.78, 5) is 11.9. The number of ketones is 1. The Hall–Kier alpha value is -0.630. The average molecular weight is 323 g/mol. The molecule has 1 rings (SSSR count). The monoisotopic (exact) mass is 322 g/mol. The van der Waals surface area contributed by atoms with E-state index in [-0.39, 0.29) is 5.41 Å². The van der Waals surface area contributed by atoms with E-state index in [1.54, 1.807) is 7.11 Å². The van der Waals surface area contributed by atoms with Gasteiger partial charge in [0.05, 0.1) is 0 Å². The average Bonchev–Trinajstić information content (AvgIpc) is 2.69. The van der Waals surface area contributed by atoms with Crippen LogP contribution in [-0.2, 0) is 9.53 Å². The fourth-order valence-corrected chi connectivity index (χ4v) is 3.80. The van der Waals surface area contributed by atoms with Crippen LogP contribution in [0.4, 0.5) is 0 Å². The van der Waals surface area contributed by atoms with Crippen molar-refractivity contribution in [1.82, 2.24) is 0 Å². The molecule has 0 aromatic rings. The van der Waals surface area contributed by atoms with Gasteiger partial charge in [-0.15, -0.1) is 0 Å². The van der Waals surface area contributed by atoms with Crippen molar-refractivity contribution in [2.24, 2.45) is 5.41 Å². The molecule has 2 heteroatoms. The fourth-order valence-electron chi connectivity index (χ4n) is 3.80. The predicted molar refractivity (Wildman–Crippen MR) is 98.8 cm³/mol. The molecule has 0 unspecified atom stereocenters. The van der Waals surface area contributed by atoms with Crippen LogP contribution in [0.3, 0.4) is 0 Å². The predicted octanol–water partition coefficient (Wildman–Crippen LogP) is 6.24. The normalized spacial score (nSPS) is 17.3.